The SMILES string of the molecule is CN(CCO)C(=O)CCc1nc(-c2ccc(Cl)cc2)no1. The van der Waals surface area contributed by atoms with Crippen LogP contribution >= 0.6 is 11.6 Å². The third-order valence-electron chi connectivity index (χ3n) is 2.98. The van der Waals surface area contributed by atoms with Crippen LogP contribution in [0.25, 0.3) is 11.4 Å². The van der Waals surface area contributed by atoms with Gasteiger partial charge >= 0.3 is 0 Å². The van der Waals surface area contributed by atoms with Crippen LogP contribution in [0.2, 0.25) is 5.02 Å². The second-order valence-electron chi connectivity index (χ2n) is 4.56. The van der Waals surface area contributed by atoms with Gasteiger partial charge in [0, 0.05) is 37.0 Å². The van der Waals surface area contributed by atoms with Crippen LogP contribution in [0.5, 0.6) is 0 Å². The highest BCUT2D eigenvalue weighted by atomic mass is 35.5. The summed E-state index contributed by atoms with van der Waals surface area (Å²) in [5.41, 5.74) is 0.804. The number of likely N-dealkylation sites (N-methyl/N-ethyl adjacent to an activating group) is 1. The molecule has 1 heterocycles. The molecule has 0 saturated carbocycles. The number of carbonyl (C=O) groups excluding carboxylic acids is 1. The molecule has 0 aliphatic carbocycles. The van der Waals surface area contributed by atoms with Crippen LogP contribution in [0.3, 0.4) is 0 Å². The summed E-state index contributed by atoms with van der Waals surface area (Å²) in [7, 11) is 1.64. The maximum Gasteiger partial charge on any atom is 0.227 e. The zero-order valence-electron chi connectivity index (χ0n) is 11.6. The van der Waals surface area contributed by atoms with Crippen molar-refractivity contribution in [1.29, 1.82) is 0 Å². The average molecular weight is 310 g/mol. The molecule has 1 aromatic heterocycles. The molecule has 0 aliphatic heterocycles. The van der Waals surface area contributed by atoms with Crippen LogP contribution in [-0.2, 0) is 11.2 Å². The van der Waals surface area contributed by atoms with Crippen molar-refractivity contribution in [3.05, 3.63) is 35.2 Å². The van der Waals surface area contributed by atoms with E-state index < -0.39 is 0 Å². The number of benzene rings is 1. The van der Waals surface area contributed by atoms with Crippen molar-refractivity contribution in [1.82, 2.24) is 15.0 Å². The van der Waals surface area contributed by atoms with E-state index in [0.29, 0.717) is 29.7 Å². The Labute approximate surface area is 127 Å². The van der Waals surface area contributed by atoms with Gasteiger partial charge in [0.2, 0.25) is 17.6 Å². The highest BCUT2D eigenvalue weighted by Crippen LogP contribution is 2.19. The molecular formula is C14H16ClN3O3. The van der Waals surface area contributed by atoms with Crippen molar-refractivity contribution in [2.24, 2.45) is 0 Å². The van der Waals surface area contributed by atoms with Gasteiger partial charge in [-0.15, -0.1) is 0 Å². The third-order valence-corrected chi connectivity index (χ3v) is 3.24. The van der Waals surface area contributed by atoms with E-state index in [2.05, 4.69) is 10.1 Å². The molecule has 7 heteroatoms. The van der Waals surface area contributed by atoms with Crippen molar-refractivity contribution in [2.45, 2.75) is 12.8 Å². The van der Waals surface area contributed by atoms with E-state index in [-0.39, 0.29) is 18.9 Å². The molecule has 0 atom stereocenters. The molecule has 6 nitrogen and oxygen atoms in total. The van der Waals surface area contributed by atoms with Crippen molar-refractivity contribution in [3.63, 3.8) is 0 Å². The van der Waals surface area contributed by atoms with Gasteiger partial charge in [0.25, 0.3) is 0 Å². The lowest BCUT2D eigenvalue weighted by Gasteiger charge is -2.14. The largest absolute Gasteiger partial charge is 0.395 e. The Balaban J connectivity index is 1.94. The second kappa shape index (κ2) is 7.19. The molecule has 0 radical (unpaired) electrons. The maximum atomic E-state index is 11.7. The van der Waals surface area contributed by atoms with Crippen LogP contribution in [0, 0.1) is 0 Å². The van der Waals surface area contributed by atoms with Crippen molar-refractivity contribution < 1.29 is 14.4 Å². The second-order valence-corrected chi connectivity index (χ2v) is 4.99. The van der Waals surface area contributed by atoms with Crippen molar-refractivity contribution in [2.75, 3.05) is 20.2 Å². The van der Waals surface area contributed by atoms with Gasteiger partial charge < -0.3 is 14.5 Å². The van der Waals surface area contributed by atoms with E-state index >= 15 is 0 Å². The summed E-state index contributed by atoms with van der Waals surface area (Å²) in [5, 5.41) is 13.3. The van der Waals surface area contributed by atoms with E-state index in [0.717, 1.165) is 5.56 Å². The standard InChI is InChI=1S/C14H16ClN3O3/c1-18(8-9-19)13(20)7-6-12-16-14(17-21-12)10-2-4-11(15)5-3-10/h2-5,19H,6-9H2,1H3. The van der Waals surface area contributed by atoms with Gasteiger partial charge in [0.05, 0.1) is 6.61 Å². The van der Waals surface area contributed by atoms with Crippen molar-refractivity contribution in [3.8, 4) is 11.4 Å². The number of aliphatic hydroxyl groups is 1. The third kappa shape index (κ3) is 4.27. The highest BCUT2D eigenvalue weighted by Gasteiger charge is 2.12. The molecular weight excluding hydrogens is 294 g/mol. The lowest BCUT2D eigenvalue weighted by Crippen LogP contribution is -2.29. The molecule has 0 unspecified atom stereocenters. The number of aliphatic hydroxyl groups excluding tert-OH is 1. The summed E-state index contributed by atoms with van der Waals surface area (Å²) in [5.74, 6) is 0.804. The minimum Gasteiger partial charge on any atom is -0.395 e. The van der Waals surface area contributed by atoms with Gasteiger partial charge in [-0.1, -0.05) is 16.8 Å². The smallest absolute Gasteiger partial charge is 0.227 e. The summed E-state index contributed by atoms with van der Waals surface area (Å²) in [6.07, 6.45) is 0.633. The maximum absolute atomic E-state index is 11.7. The first-order valence-electron chi connectivity index (χ1n) is 6.53. The summed E-state index contributed by atoms with van der Waals surface area (Å²) >= 11 is 5.82. The van der Waals surface area contributed by atoms with Gasteiger partial charge in [-0.3, -0.25) is 4.79 Å². The molecule has 0 fully saturated rings. The fourth-order valence-electron chi connectivity index (χ4n) is 1.75. The van der Waals surface area contributed by atoms with Crippen LogP contribution in [0.4, 0.5) is 0 Å². The van der Waals surface area contributed by atoms with E-state index in [1.807, 2.05) is 0 Å². The molecule has 1 aromatic carbocycles. The van der Waals surface area contributed by atoms with Gasteiger partial charge in [0.1, 0.15) is 0 Å². The van der Waals surface area contributed by atoms with Gasteiger partial charge in [-0.2, -0.15) is 4.98 Å². The quantitative estimate of drug-likeness (QED) is 0.879. The number of hydrogen-bond donors (Lipinski definition) is 1. The first kappa shape index (κ1) is 15.5. The Morgan fingerprint density at radius 3 is 2.76 bits per heavy atom. The van der Waals surface area contributed by atoms with Gasteiger partial charge in [0.15, 0.2) is 0 Å². The number of nitrogens with zero attached hydrogens (tertiary/aromatic N) is 3. The molecule has 0 spiro atoms. The number of carbonyl (C=O) groups is 1. The molecule has 2 rings (SSSR count). The topological polar surface area (TPSA) is 79.5 Å². The molecule has 0 aliphatic rings. The molecule has 1 N–H and O–H groups in total. The highest BCUT2D eigenvalue weighted by molar-refractivity contribution is 6.30. The molecule has 1 amide bonds. The van der Waals surface area contributed by atoms with E-state index in [9.17, 15) is 4.79 Å². The Morgan fingerprint density at radius 1 is 1.38 bits per heavy atom. The first-order chi connectivity index (χ1) is 10.1. The Morgan fingerprint density at radius 2 is 2.10 bits per heavy atom. The van der Waals surface area contributed by atoms with Crippen LogP contribution in [0.15, 0.2) is 28.8 Å². The number of aromatic nitrogens is 2. The van der Waals surface area contributed by atoms with Crippen LogP contribution in [-0.4, -0.2) is 46.3 Å². The average Bonchev–Trinajstić information content (AvgIpc) is 2.94. The number of rotatable bonds is 6. The van der Waals surface area contributed by atoms with E-state index in [4.69, 9.17) is 21.2 Å². The normalized spacial score (nSPS) is 10.6. The van der Waals surface area contributed by atoms with Crippen molar-refractivity contribution >= 4 is 17.5 Å². The zero-order valence-corrected chi connectivity index (χ0v) is 12.4. The Hall–Kier alpha value is -1.92. The number of aryl methyl sites for hydroxylation is 1. The predicted molar refractivity (Wildman–Crippen MR) is 77.8 cm³/mol. The van der Waals surface area contributed by atoms with E-state index in [1.165, 1.54) is 4.90 Å². The Kier molecular flexibility index (Phi) is 5.30. The van der Waals surface area contributed by atoms with Gasteiger partial charge in [-0.05, 0) is 24.3 Å². The minimum atomic E-state index is -0.0738. The number of halogens is 1. The fourth-order valence-corrected chi connectivity index (χ4v) is 1.88. The van der Waals surface area contributed by atoms with Crippen LogP contribution < -0.4 is 0 Å². The molecule has 21 heavy (non-hydrogen) atoms. The number of amides is 1. The lowest BCUT2D eigenvalue weighted by atomic mass is 10.2. The summed E-state index contributed by atoms with van der Waals surface area (Å²) in [6.45, 7) is 0.266. The van der Waals surface area contributed by atoms with Gasteiger partial charge in [-0.25, -0.2) is 0 Å². The summed E-state index contributed by atoms with van der Waals surface area (Å²) in [4.78, 5) is 17.4. The minimum absolute atomic E-state index is 0.0521. The Bertz CT molecular complexity index is 598. The molecule has 0 bridgehead atoms. The molecule has 0 saturated heterocycles. The number of hydrogen-bond acceptors (Lipinski definition) is 5. The predicted octanol–water partition coefficient (Wildman–Crippen LogP) is 1.77. The van der Waals surface area contributed by atoms with Crippen LogP contribution in [0.1, 0.15) is 12.3 Å². The molecule has 112 valence electrons. The lowest BCUT2D eigenvalue weighted by molar-refractivity contribution is -0.130. The van der Waals surface area contributed by atoms with E-state index in [1.54, 1.807) is 31.3 Å². The zero-order chi connectivity index (χ0) is 15.2. The monoisotopic (exact) mass is 309 g/mol. The first-order valence-corrected chi connectivity index (χ1v) is 6.91. The fraction of sp³-hybridized carbons (Fsp3) is 0.357. The molecule has 2 aromatic rings. The summed E-state index contributed by atoms with van der Waals surface area (Å²) < 4.78 is 5.13. The summed E-state index contributed by atoms with van der Waals surface area (Å²) in [6, 6.07) is 7.11.